The van der Waals surface area contributed by atoms with Gasteiger partial charge in [-0.15, -0.1) is 0 Å². The quantitative estimate of drug-likeness (QED) is 0.821. The van der Waals surface area contributed by atoms with Crippen LogP contribution in [0.5, 0.6) is 17.2 Å². The SMILES string of the molecule is COc1ccc(OC)c(-c2cc3c(cc2OC)C(NC(=O)O)C(C)(C)C3)c1. The summed E-state index contributed by atoms with van der Waals surface area (Å²) >= 11 is 0. The Morgan fingerprint density at radius 2 is 1.70 bits per heavy atom. The first kappa shape index (κ1) is 18.9. The largest absolute Gasteiger partial charge is 0.497 e. The number of carbonyl (C=O) groups is 1. The van der Waals surface area contributed by atoms with Crippen LogP contribution >= 0.6 is 0 Å². The molecule has 2 aromatic rings. The van der Waals surface area contributed by atoms with E-state index in [9.17, 15) is 9.90 Å². The lowest BCUT2D eigenvalue weighted by Gasteiger charge is -2.27. The molecular weight excluding hydrogens is 346 g/mol. The number of benzene rings is 2. The molecule has 1 amide bonds. The van der Waals surface area contributed by atoms with Crippen molar-refractivity contribution in [2.24, 2.45) is 5.41 Å². The van der Waals surface area contributed by atoms with E-state index in [-0.39, 0.29) is 11.5 Å². The van der Waals surface area contributed by atoms with Crippen molar-refractivity contribution in [2.45, 2.75) is 26.3 Å². The van der Waals surface area contributed by atoms with Crippen molar-refractivity contribution in [1.29, 1.82) is 0 Å². The molecule has 0 aromatic heterocycles. The van der Waals surface area contributed by atoms with E-state index < -0.39 is 6.09 Å². The van der Waals surface area contributed by atoms with Crippen LogP contribution < -0.4 is 19.5 Å². The molecule has 6 heteroatoms. The summed E-state index contributed by atoms with van der Waals surface area (Å²) in [6.07, 6.45) is -0.269. The van der Waals surface area contributed by atoms with Gasteiger partial charge in [-0.3, -0.25) is 0 Å². The van der Waals surface area contributed by atoms with Crippen molar-refractivity contribution in [2.75, 3.05) is 21.3 Å². The van der Waals surface area contributed by atoms with E-state index in [0.717, 1.165) is 34.4 Å². The van der Waals surface area contributed by atoms with Crippen molar-refractivity contribution in [3.63, 3.8) is 0 Å². The van der Waals surface area contributed by atoms with E-state index in [2.05, 4.69) is 25.2 Å². The van der Waals surface area contributed by atoms with Crippen LogP contribution in [0.2, 0.25) is 0 Å². The zero-order valence-electron chi connectivity index (χ0n) is 16.3. The fourth-order valence-electron chi connectivity index (χ4n) is 3.88. The van der Waals surface area contributed by atoms with Crippen molar-refractivity contribution >= 4 is 6.09 Å². The Hall–Kier alpha value is -2.89. The van der Waals surface area contributed by atoms with Gasteiger partial charge in [0, 0.05) is 11.1 Å². The monoisotopic (exact) mass is 371 g/mol. The number of rotatable bonds is 5. The molecule has 0 saturated heterocycles. The molecule has 0 bridgehead atoms. The van der Waals surface area contributed by atoms with E-state index in [0.29, 0.717) is 11.5 Å². The maximum absolute atomic E-state index is 11.3. The predicted octanol–water partition coefficient (Wildman–Crippen LogP) is 4.27. The molecule has 2 aromatic carbocycles. The van der Waals surface area contributed by atoms with E-state index >= 15 is 0 Å². The molecule has 0 saturated carbocycles. The Morgan fingerprint density at radius 3 is 2.30 bits per heavy atom. The average molecular weight is 371 g/mol. The highest BCUT2D eigenvalue weighted by Gasteiger charge is 2.40. The third kappa shape index (κ3) is 3.39. The van der Waals surface area contributed by atoms with Gasteiger partial charge in [0.1, 0.15) is 17.2 Å². The zero-order chi connectivity index (χ0) is 19.8. The van der Waals surface area contributed by atoms with Gasteiger partial charge in [-0.1, -0.05) is 13.8 Å². The van der Waals surface area contributed by atoms with Crippen LogP contribution in [0.4, 0.5) is 4.79 Å². The first-order chi connectivity index (χ1) is 12.8. The number of fused-ring (bicyclic) bond motifs is 1. The van der Waals surface area contributed by atoms with E-state index in [1.807, 2.05) is 24.3 Å². The number of amides is 1. The number of ether oxygens (including phenoxy) is 3. The molecule has 1 unspecified atom stereocenters. The maximum atomic E-state index is 11.3. The van der Waals surface area contributed by atoms with Crippen LogP contribution in [0.3, 0.4) is 0 Å². The second-order valence-electron chi connectivity index (χ2n) is 7.37. The molecule has 0 fully saturated rings. The number of hydrogen-bond donors (Lipinski definition) is 2. The average Bonchev–Trinajstić information content (AvgIpc) is 2.88. The van der Waals surface area contributed by atoms with Crippen LogP contribution in [0.25, 0.3) is 11.1 Å². The first-order valence-corrected chi connectivity index (χ1v) is 8.73. The van der Waals surface area contributed by atoms with Crippen LogP contribution in [-0.2, 0) is 6.42 Å². The highest BCUT2D eigenvalue weighted by molar-refractivity contribution is 5.79. The molecule has 0 radical (unpaired) electrons. The zero-order valence-corrected chi connectivity index (χ0v) is 16.3. The molecule has 1 atom stereocenters. The van der Waals surface area contributed by atoms with Gasteiger partial charge in [-0.05, 0) is 53.3 Å². The fraction of sp³-hybridized carbons (Fsp3) is 0.381. The van der Waals surface area contributed by atoms with Crippen molar-refractivity contribution in [3.05, 3.63) is 41.5 Å². The molecular formula is C21H25NO5. The lowest BCUT2D eigenvalue weighted by molar-refractivity contribution is 0.175. The number of carboxylic acid groups (broad SMARTS) is 1. The number of methoxy groups -OCH3 is 3. The smallest absolute Gasteiger partial charge is 0.405 e. The van der Waals surface area contributed by atoms with E-state index in [1.165, 1.54) is 0 Å². The molecule has 0 aliphatic heterocycles. The third-order valence-electron chi connectivity index (χ3n) is 5.16. The molecule has 3 rings (SSSR count). The molecule has 2 N–H and O–H groups in total. The summed E-state index contributed by atoms with van der Waals surface area (Å²) in [6.45, 7) is 4.12. The minimum absolute atomic E-state index is 0.233. The molecule has 1 aliphatic rings. The summed E-state index contributed by atoms with van der Waals surface area (Å²) in [5.41, 5.74) is 3.56. The normalized spacial score (nSPS) is 17.1. The Balaban J connectivity index is 2.18. The fourth-order valence-corrected chi connectivity index (χ4v) is 3.88. The Morgan fingerprint density at radius 1 is 1.04 bits per heavy atom. The summed E-state index contributed by atoms with van der Waals surface area (Å²) in [5.74, 6) is 2.10. The summed E-state index contributed by atoms with van der Waals surface area (Å²) < 4.78 is 16.5. The van der Waals surface area contributed by atoms with Gasteiger partial charge in [0.2, 0.25) is 0 Å². The summed E-state index contributed by atoms with van der Waals surface area (Å²) in [4.78, 5) is 11.3. The summed E-state index contributed by atoms with van der Waals surface area (Å²) in [7, 11) is 4.86. The van der Waals surface area contributed by atoms with Gasteiger partial charge in [-0.2, -0.15) is 0 Å². The van der Waals surface area contributed by atoms with E-state index in [4.69, 9.17) is 14.2 Å². The van der Waals surface area contributed by atoms with Crippen molar-refractivity contribution in [3.8, 4) is 28.4 Å². The van der Waals surface area contributed by atoms with Crippen molar-refractivity contribution < 1.29 is 24.1 Å². The standard InChI is InChI=1S/C21H25NO5/c1-21(2)11-12-8-15(16-9-13(25-3)6-7-17(16)26-4)18(27-5)10-14(12)19(21)22-20(23)24/h6-10,19,22H,11H2,1-5H3,(H,23,24). The summed E-state index contributed by atoms with van der Waals surface area (Å²) in [5, 5.41) is 11.9. The molecule has 144 valence electrons. The number of nitrogens with one attached hydrogen (secondary N) is 1. The first-order valence-electron chi connectivity index (χ1n) is 8.73. The second kappa shape index (κ2) is 7.02. The minimum atomic E-state index is -1.03. The molecule has 1 aliphatic carbocycles. The van der Waals surface area contributed by atoms with Gasteiger partial charge in [0.15, 0.2) is 0 Å². The highest BCUT2D eigenvalue weighted by atomic mass is 16.5. The topological polar surface area (TPSA) is 77.0 Å². The Bertz CT molecular complexity index is 875. The number of hydrogen-bond acceptors (Lipinski definition) is 4. The van der Waals surface area contributed by atoms with Gasteiger partial charge < -0.3 is 24.6 Å². The molecule has 0 heterocycles. The van der Waals surface area contributed by atoms with Crippen LogP contribution in [0.1, 0.15) is 31.0 Å². The van der Waals surface area contributed by atoms with E-state index in [1.54, 1.807) is 21.3 Å². The van der Waals surface area contributed by atoms with Crippen LogP contribution in [0, 0.1) is 5.41 Å². The third-order valence-corrected chi connectivity index (χ3v) is 5.16. The molecule has 0 spiro atoms. The predicted molar refractivity (Wildman–Crippen MR) is 103 cm³/mol. The second-order valence-corrected chi connectivity index (χ2v) is 7.37. The maximum Gasteiger partial charge on any atom is 0.405 e. The van der Waals surface area contributed by atoms with Crippen LogP contribution in [-0.4, -0.2) is 32.5 Å². The van der Waals surface area contributed by atoms with Gasteiger partial charge in [-0.25, -0.2) is 4.79 Å². The van der Waals surface area contributed by atoms with Crippen LogP contribution in [0.15, 0.2) is 30.3 Å². The summed E-state index contributed by atoms with van der Waals surface area (Å²) in [6, 6.07) is 9.32. The lowest BCUT2D eigenvalue weighted by Crippen LogP contribution is -2.34. The lowest BCUT2D eigenvalue weighted by atomic mass is 9.85. The minimum Gasteiger partial charge on any atom is -0.497 e. The van der Waals surface area contributed by atoms with Crippen molar-refractivity contribution in [1.82, 2.24) is 5.32 Å². The van der Waals surface area contributed by atoms with Gasteiger partial charge in [0.05, 0.1) is 27.4 Å². The highest BCUT2D eigenvalue weighted by Crippen LogP contribution is 2.49. The Kier molecular flexibility index (Phi) is 4.91. The Labute approximate surface area is 159 Å². The molecule has 27 heavy (non-hydrogen) atoms. The molecule has 6 nitrogen and oxygen atoms in total. The van der Waals surface area contributed by atoms with Gasteiger partial charge >= 0.3 is 6.09 Å². The van der Waals surface area contributed by atoms with Gasteiger partial charge in [0.25, 0.3) is 0 Å².